The third-order valence-corrected chi connectivity index (χ3v) is 5.65. The van der Waals surface area contributed by atoms with Crippen LogP contribution < -0.4 is 9.47 Å². The lowest BCUT2D eigenvalue weighted by Crippen LogP contribution is -2.31. The van der Waals surface area contributed by atoms with E-state index in [9.17, 15) is 4.79 Å². The average Bonchev–Trinajstić information content (AvgIpc) is 3.33. The molecule has 33 heavy (non-hydrogen) atoms. The van der Waals surface area contributed by atoms with Gasteiger partial charge < -0.3 is 14.2 Å². The number of benzene rings is 3. The highest BCUT2D eigenvalue weighted by Crippen LogP contribution is 2.33. The Labute approximate surface area is 194 Å². The van der Waals surface area contributed by atoms with Crippen molar-refractivity contribution in [3.63, 3.8) is 0 Å². The van der Waals surface area contributed by atoms with Gasteiger partial charge in [0.05, 0.1) is 25.5 Å². The molecule has 1 heterocycles. The zero-order chi connectivity index (χ0) is 23.0. The molecule has 3 aromatic rings. The Morgan fingerprint density at radius 1 is 0.939 bits per heavy atom. The van der Waals surface area contributed by atoms with E-state index in [1.165, 1.54) is 0 Å². The van der Waals surface area contributed by atoms with Crippen molar-refractivity contribution in [2.45, 2.75) is 18.9 Å². The molecule has 0 bridgehead atoms. The van der Waals surface area contributed by atoms with Crippen LogP contribution in [0.5, 0.6) is 11.5 Å². The van der Waals surface area contributed by atoms with E-state index in [2.05, 4.69) is 0 Å². The summed E-state index contributed by atoms with van der Waals surface area (Å²) >= 11 is 0. The van der Waals surface area contributed by atoms with E-state index in [0.717, 1.165) is 34.6 Å². The summed E-state index contributed by atoms with van der Waals surface area (Å²) in [6.45, 7) is 0.581. The van der Waals surface area contributed by atoms with E-state index >= 15 is 0 Å². The molecule has 0 saturated heterocycles. The maximum absolute atomic E-state index is 13.2. The number of amides is 1. The van der Waals surface area contributed by atoms with E-state index in [0.29, 0.717) is 18.8 Å². The van der Waals surface area contributed by atoms with Gasteiger partial charge in [-0.05, 0) is 47.4 Å². The molecule has 0 unspecified atom stereocenters. The molecule has 0 spiro atoms. The van der Waals surface area contributed by atoms with Crippen LogP contribution in [0, 0.1) is 0 Å². The highest BCUT2D eigenvalue weighted by molar-refractivity contribution is 6.03. The Morgan fingerprint density at radius 3 is 2.30 bits per heavy atom. The molecular formula is C27H28N2O4. The number of carbonyl (C=O) groups is 1. The SMILES string of the molecule is COCCc1ccc(OCC(=O)N2N=C(c3ccccc3)C[C@@H]2c2ccc(OC)cc2)cc1. The molecule has 0 fully saturated rings. The van der Waals surface area contributed by atoms with Crippen LogP contribution in [0.4, 0.5) is 0 Å². The number of nitrogens with zero attached hydrogens (tertiary/aromatic N) is 2. The van der Waals surface area contributed by atoms with Crippen LogP contribution in [0.15, 0.2) is 84.0 Å². The van der Waals surface area contributed by atoms with Crippen molar-refractivity contribution in [2.75, 3.05) is 27.4 Å². The lowest BCUT2D eigenvalue weighted by molar-refractivity contribution is -0.135. The fraction of sp³-hybridized carbons (Fsp3) is 0.259. The first-order valence-electron chi connectivity index (χ1n) is 11.0. The highest BCUT2D eigenvalue weighted by atomic mass is 16.5. The fourth-order valence-electron chi connectivity index (χ4n) is 3.81. The van der Waals surface area contributed by atoms with Gasteiger partial charge in [0.2, 0.25) is 0 Å². The molecule has 0 N–H and O–H groups in total. The van der Waals surface area contributed by atoms with E-state index in [1.54, 1.807) is 19.2 Å². The molecule has 0 radical (unpaired) electrons. The lowest BCUT2D eigenvalue weighted by Gasteiger charge is -2.22. The molecule has 0 saturated carbocycles. The van der Waals surface area contributed by atoms with Crippen LogP contribution in [0.3, 0.4) is 0 Å². The van der Waals surface area contributed by atoms with Crippen LogP contribution in [-0.2, 0) is 16.0 Å². The minimum atomic E-state index is -0.196. The smallest absolute Gasteiger partial charge is 0.281 e. The first kappa shape index (κ1) is 22.6. The monoisotopic (exact) mass is 444 g/mol. The second-order valence-corrected chi connectivity index (χ2v) is 7.82. The summed E-state index contributed by atoms with van der Waals surface area (Å²) in [5.41, 5.74) is 4.05. The Hall–Kier alpha value is -3.64. The van der Waals surface area contributed by atoms with Gasteiger partial charge in [0, 0.05) is 13.5 Å². The van der Waals surface area contributed by atoms with Crippen molar-refractivity contribution in [1.29, 1.82) is 0 Å². The van der Waals surface area contributed by atoms with Crippen LogP contribution >= 0.6 is 0 Å². The van der Waals surface area contributed by atoms with Crippen molar-refractivity contribution in [1.82, 2.24) is 5.01 Å². The van der Waals surface area contributed by atoms with Crippen molar-refractivity contribution < 1.29 is 19.0 Å². The normalized spacial score (nSPS) is 15.3. The molecule has 1 aliphatic heterocycles. The van der Waals surface area contributed by atoms with Gasteiger partial charge in [0.15, 0.2) is 6.61 Å². The molecule has 6 heteroatoms. The maximum atomic E-state index is 13.2. The molecule has 0 aromatic heterocycles. The molecule has 170 valence electrons. The molecular weight excluding hydrogens is 416 g/mol. The van der Waals surface area contributed by atoms with Gasteiger partial charge >= 0.3 is 0 Å². The van der Waals surface area contributed by atoms with Crippen LogP contribution in [-0.4, -0.2) is 44.1 Å². The van der Waals surface area contributed by atoms with Crippen LogP contribution in [0.2, 0.25) is 0 Å². The first-order chi connectivity index (χ1) is 16.2. The number of hydrogen-bond acceptors (Lipinski definition) is 5. The minimum Gasteiger partial charge on any atom is -0.497 e. The molecule has 0 aliphatic carbocycles. The topological polar surface area (TPSA) is 60.4 Å². The number of hydrazone groups is 1. The van der Waals surface area contributed by atoms with Gasteiger partial charge in [-0.1, -0.05) is 54.6 Å². The van der Waals surface area contributed by atoms with Gasteiger partial charge in [-0.25, -0.2) is 5.01 Å². The molecule has 1 aliphatic rings. The molecule has 6 nitrogen and oxygen atoms in total. The summed E-state index contributed by atoms with van der Waals surface area (Å²) in [5.74, 6) is 1.23. The standard InChI is InChI=1S/C27H28N2O4/c1-31-17-16-20-8-12-24(13-9-20)33-19-27(30)29-26(22-10-14-23(32-2)15-11-22)18-25(28-29)21-6-4-3-5-7-21/h3-15,26H,16-19H2,1-2H3/t26-/m1/s1. The third kappa shape index (κ3) is 5.59. The Bertz CT molecular complexity index is 1080. The summed E-state index contributed by atoms with van der Waals surface area (Å²) < 4.78 is 16.2. The molecule has 4 rings (SSSR count). The van der Waals surface area contributed by atoms with Crippen molar-refractivity contribution in [3.8, 4) is 11.5 Å². The van der Waals surface area contributed by atoms with Gasteiger partial charge in [-0.15, -0.1) is 0 Å². The van der Waals surface area contributed by atoms with E-state index in [-0.39, 0.29) is 18.6 Å². The zero-order valence-corrected chi connectivity index (χ0v) is 18.9. The second-order valence-electron chi connectivity index (χ2n) is 7.82. The quantitative estimate of drug-likeness (QED) is 0.482. The molecule has 3 aromatic carbocycles. The van der Waals surface area contributed by atoms with Crippen molar-refractivity contribution in [2.24, 2.45) is 5.10 Å². The van der Waals surface area contributed by atoms with Crippen molar-refractivity contribution in [3.05, 3.63) is 95.6 Å². The van der Waals surface area contributed by atoms with Gasteiger partial charge in [-0.3, -0.25) is 4.79 Å². The third-order valence-electron chi connectivity index (χ3n) is 5.65. The number of carbonyl (C=O) groups excluding carboxylic acids is 1. The number of ether oxygens (including phenoxy) is 3. The van der Waals surface area contributed by atoms with Gasteiger partial charge in [-0.2, -0.15) is 5.10 Å². The molecule has 1 amide bonds. The van der Waals surface area contributed by atoms with E-state index < -0.39 is 0 Å². The second kappa shape index (κ2) is 10.8. The summed E-state index contributed by atoms with van der Waals surface area (Å²) in [7, 11) is 3.32. The summed E-state index contributed by atoms with van der Waals surface area (Å²) in [5, 5.41) is 6.25. The zero-order valence-electron chi connectivity index (χ0n) is 18.9. The van der Waals surface area contributed by atoms with Crippen LogP contribution in [0.25, 0.3) is 0 Å². The number of hydrogen-bond donors (Lipinski definition) is 0. The number of methoxy groups -OCH3 is 2. The maximum Gasteiger partial charge on any atom is 0.281 e. The molecule has 1 atom stereocenters. The summed E-state index contributed by atoms with van der Waals surface area (Å²) in [4.78, 5) is 13.2. The fourth-order valence-corrected chi connectivity index (χ4v) is 3.81. The van der Waals surface area contributed by atoms with Crippen molar-refractivity contribution >= 4 is 11.6 Å². The minimum absolute atomic E-state index is 0.0877. The van der Waals surface area contributed by atoms with E-state index in [1.807, 2.05) is 78.9 Å². The predicted octanol–water partition coefficient (Wildman–Crippen LogP) is 4.64. The largest absolute Gasteiger partial charge is 0.497 e. The predicted molar refractivity (Wildman–Crippen MR) is 128 cm³/mol. The van der Waals surface area contributed by atoms with Gasteiger partial charge in [0.1, 0.15) is 11.5 Å². The number of rotatable bonds is 9. The Balaban J connectivity index is 1.49. The van der Waals surface area contributed by atoms with Crippen LogP contribution in [0.1, 0.15) is 29.2 Å². The average molecular weight is 445 g/mol. The van der Waals surface area contributed by atoms with Gasteiger partial charge in [0.25, 0.3) is 5.91 Å². The lowest BCUT2D eigenvalue weighted by atomic mass is 9.98. The van der Waals surface area contributed by atoms with E-state index in [4.69, 9.17) is 19.3 Å². The summed E-state index contributed by atoms with van der Waals surface area (Å²) in [6, 6.07) is 25.2. The Morgan fingerprint density at radius 2 is 1.64 bits per heavy atom. The Kier molecular flexibility index (Phi) is 7.37. The first-order valence-corrected chi connectivity index (χ1v) is 11.0. The summed E-state index contributed by atoms with van der Waals surface area (Å²) in [6.07, 6.45) is 1.47. The highest BCUT2D eigenvalue weighted by Gasteiger charge is 2.33.